The van der Waals surface area contributed by atoms with Crippen molar-refractivity contribution in [2.45, 2.75) is 16.3 Å². The van der Waals surface area contributed by atoms with Gasteiger partial charge in [-0.2, -0.15) is 27.1 Å². The number of amides is 2. The zero-order chi connectivity index (χ0) is 29.0. The minimum atomic E-state index is -4.95. The average Bonchev–Trinajstić information content (AvgIpc) is 2.89. The second-order valence-corrected chi connectivity index (χ2v) is 12.8. The number of hydrogen-bond acceptors (Lipinski definition) is 9. The fourth-order valence-corrected chi connectivity index (χ4v) is 5.78. The highest BCUT2D eigenvalue weighted by molar-refractivity contribution is 14.1. The number of nitrogens with zero attached hydrogens (tertiary/aromatic N) is 3. The van der Waals surface area contributed by atoms with E-state index in [4.69, 9.17) is 5.73 Å². The number of carbonyl (C=O) groups excluding carboxylic acids is 2. The fraction of sp³-hybridized carbons (Fsp3) is 0.0400. The van der Waals surface area contributed by atoms with Crippen molar-refractivity contribution in [2.75, 3.05) is 5.73 Å². The van der Waals surface area contributed by atoms with Gasteiger partial charge in [-0.1, -0.05) is 12.1 Å². The standard InChI is InChI=1S/C25H17IN4O8S2/c26-14-3-7-16(8-4-14)29-28-15-5-1-13(2-6-15)12-30-24(31)19-10-17(39(33,34)35)9-18-22(19)20(25(30)32)11-21(23(18)27)40(36,37)38/h1-11H,12,27H2,(H,33,34,35)(H,36,37,38). The quantitative estimate of drug-likeness (QED) is 0.0841. The molecule has 0 saturated heterocycles. The number of hydrogen-bond donors (Lipinski definition) is 3. The van der Waals surface area contributed by atoms with Gasteiger partial charge in [0.05, 0.1) is 39.6 Å². The van der Waals surface area contributed by atoms with Crippen LogP contribution in [0.15, 0.2) is 86.7 Å². The van der Waals surface area contributed by atoms with Crippen LogP contribution in [0.2, 0.25) is 0 Å². The molecule has 15 heteroatoms. The molecule has 1 heterocycles. The molecule has 0 atom stereocenters. The number of imide groups is 1. The highest BCUT2D eigenvalue weighted by atomic mass is 127. The van der Waals surface area contributed by atoms with Gasteiger partial charge >= 0.3 is 0 Å². The third kappa shape index (κ3) is 5.20. The van der Waals surface area contributed by atoms with E-state index in [9.17, 15) is 35.5 Å². The van der Waals surface area contributed by atoms with Crippen LogP contribution in [0.25, 0.3) is 10.8 Å². The fourth-order valence-electron chi connectivity index (χ4n) is 4.23. The SMILES string of the molecule is Nc1c(S(=O)(=O)O)cc2c3c(cc(S(=O)(=O)O)cc13)C(=O)N(Cc1ccc(N=Nc3ccc(I)cc3)cc1)C2=O. The molecule has 1 aliphatic heterocycles. The van der Waals surface area contributed by atoms with E-state index in [1.165, 1.54) is 0 Å². The smallest absolute Gasteiger partial charge is 0.296 e. The molecule has 0 spiro atoms. The second-order valence-electron chi connectivity index (χ2n) is 8.72. The van der Waals surface area contributed by atoms with Crippen molar-refractivity contribution in [2.24, 2.45) is 10.2 Å². The molecule has 4 aromatic carbocycles. The summed E-state index contributed by atoms with van der Waals surface area (Å²) in [4.78, 5) is 26.0. The number of carbonyl (C=O) groups is 2. The Morgan fingerprint density at radius 2 is 1.30 bits per heavy atom. The van der Waals surface area contributed by atoms with Gasteiger partial charge in [0.25, 0.3) is 32.1 Å². The number of rotatable bonds is 6. The van der Waals surface area contributed by atoms with Crippen molar-refractivity contribution in [1.29, 1.82) is 0 Å². The molecule has 5 rings (SSSR count). The predicted octanol–water partition coefficient (Wildman–Crippen LogP) is 4.73. The molecule has 0 radical (unpaired) electrons. The van der Waals surface area contributed by atoms with Gasteiger partial charge < -0.3 is 5.73 Å². The van der Waals surface area contributed by atoms with Crippen molar-refractivity contribution in [3.63, 3.8) is 0 Å². The van der Waals surface area contributed by atoms with Crippen molar-refractivity contribution in [1.82, 2.24) is 4.90 Å². The van der Waals surface area contributed by atoms with Crippen LogP contribution >= 0.6 is 22.6 Å². The summed E-state index contributed by atoms with van der Waals surface area (Å²) in [6, 6.07) is 16.4. The van der Waals surface area contributed by atoms with Gasteiger partial charge in [-0.3, -0.25) is 23.6 Å². The molecule has 0 saturated carbocycles. The Hall–Kier alpha value is -3.77. The average molecular weight is 692 g/mol. The van der Waals surface area contributed by atoms with Crippen LogP contribution < -0.4 is 5.73 Å². The topological polar surface area (TPSA) is 197 Å². The van der Waals surface area contributed by atoms with E-state index in [0.717, 1.165) is 26.7 Å². The molecule has 0 unspecified atom stereocenters. The third-order valence-electron chi connectivity index (χ3n) is 6.12. The van der Waals surface area contributed by atoms with Crippen LogP contribution in [0.3, 0.4) is 0 Å². The normalized spacial score (nSPS) is 13.9. The Morgan fingerprint density at radius 1 is 0.775 bits per heavy atom. The molecule has 4 N–H and O–H groups in total. The van der Waals surface area contributed by atoms with Gasteiger partial charge in [-0.25, -0.2) is 0 Å². The summed E-state index contributed by atoms with van der Waals surface area (Å²) >= 11 is 2.17. The number of anilines is 1. The zero-order valence-corrected chi connectivity index (χ0v) is 23.8. The lowest BCUT2D eigenvalue weighted by atomic mass is 9.92. The highest BCUT2D eigenvalue weighted by Gasteiger charge is 2.36. The predicted molar refractivity (Wildman–Crippen MR) is 152 cm³/mol. The molecule has 1 aliphatic rings. The zero-order valence-electron chi connectivity index (χ0n) is 20.0. The number of benzene rings is 4. The summed E-state index contributed by atoms with van der Waals surface area (Å²) < 4.78 is 68.1. The molecule has 204 valence electrons. The largest absolute Gasteiger partial charge is 0.397 e. The van der Waals surface area contributed by atoms with Crippen molar-refractivity contribution in [3.8, 4) is 0 Å². The molecule has 0 aliphatic carbocycles. The van der Waals surface area contributed by atoms with Crippen LogP contribution in [-0.2, 0) is 26.8 Å². The van der Waals surface area contributed by atoms with E-state index in [1.807, 2.05) is 12.1 Å². The van der Waals surface area contributed by atoms with E-state index in [-0.39, 0.29) is 28.4 Å². The summed E-state index contributed by atoms with van der Waals surface area (Å²) in [5.41, 5.74) is 6.36. The van der Waals surface area contributed by atoms with Crippen LogP contribution in [0.5, 0.6) is 0 Å². The number of nitrogens with two attached hydrogens (primary N) is 1. The van der Waals surface area contributed by atoms with Crippen molar-refractivity contribution >= 4 is 82.5 Å². The summed E-state index contributed by atoms with van der Waals surface area (Å²) in [5.74, 6) is -1.79. The Bertz CT molecular complexity index is 1950. The maximum absolute atomic E-state index is 13.4. The van der Waals surface area contributed by atoms with Crippen LogP contribution in [0, 0.1) is 3.57 Å². The first-order valence-corrected chi connectivity index (χ1v) is 15.2. The van der Waals surface area contributed by atoms with Gasteiger partial charge in [0.1, 0.15) is 4.90 Å². The minimum Gasteiger partial charge on any atom is -0.397 e. The van der Waals surface area contributed by atoms with Gasteiger partial charge in [0, 0.05) is 14.3 Å². The lowest BCUT2D eigenvalue weighted by molar-refractivity contribution is 0.0598. The minimum absolute atomic E-state index is 0.102. The summed E-state index contributed by atoms with van der Waals surface area (Å²) in [6.45, 7) is -0.269. The Labute approximate surface area is 241 Å². The van der Waals surface area contributed by atoms with Gasteiger partial charge in [-0.05, 0) is 82.8 Å². The van der Waals surface area contributed by atoms with Crippen LogP contribution in [0.4, 0.5) is 17.1 Å². The molecular weight excluding hydrogens is 675 g/mol. The van der Waals surface area contributed by atoms with Gasteiger partial charge in [0.15, 0.2) is 0 Å². The van der Waals surface area contributed by atoms with E-state index >= 15 is 0 Å². The van der Waals surface area contributed by atoms with Crippen molar-refractivity contribution in [3.05, 3.63) is 87.0 Å². The number of azo groups is 1. The molecule has 0 fully saturated rings. The summed E-state index contributed by atoms with van der Waals surface area (Å²) in [5, 5.41) is 7.90. The maximum Gasteiger partial charge on any atom is 0.296 e. The van der Waals surface area contributed by atoms with Crippen LogP contribution in [-0.4, -0.2) is 42.7 Å². The Balaban J connectivity index is 1.54. The van der Waals surface area contributed by atoms with Crippen LogP contribution in [0.1, 0.15) is 26.3 Å². The number of nitrogen functional groups attached to an aromatic ring is 1. The Morgan fingerprint density at radius 3 is 1.82 bits per heavy atom. The molecule has 0 bridgehead atoms. The van der Waals surface area contributed by atoms with E-state index in [1.54, 1.807) is 36.4 Å². The molecule has 2 amide bonds. The molecule has 4 aromatic rings. The summed E-state index contributed by atoms with van der Waals surface area (Å²) in [7, 11) is -9.82. The van der Waals surface area contributed by atoms with E-state index in [0.29, 0.717) is 16.9 Å². The number of halogens is 1. The maximum atomic E-state index is 13.4. The molecule has 40 heavy (non-hydrogen) atoms. The van der Waals surface area contributed by atoms with Gasteiger partial charge in [0.2, 0.25) is 0 Å². The monoisotopic (exact) mass is 692 g/mol. The molecular formula is C25H17IN4O8S2. The molecule has 12 nitrogen and oxygen atoms in total. The lowest BCUT2D eigenvalue weighted by Crippen LogP contribution is -2.40. The third-order valence-corrected chi connectivity index (χ3v) is 8.57. The Kier molecular flexibility index (Phi) is 6.95. The highest BCUT2D eigenvalue weighted by Crippen LogP contribution is 2.39. The van der Waals surface area contributed by atoms with E-state index < -0.39 is 47.5 Å². The summed E-state index contributed by atoms with van der Waals surface area (Å²) in [6.07, 6.45) is 0. The lowest BCUT2D eigenvalue weighted by Gasteiger charge is -2.28. The first-order chi connectivity index (χ1) is 18.7. The first kappa shape index (κ1) is 27.8. The molecule has 0 aromatic heterocycles. The van der Waals surface area contributed by atoms with Gasteiger partial charge in [-0.15, -0.1) is 0 Å². The van der Waals surface area contributed by atoms with E-state index in [2.05, 4.69) is 32.8 Å². The van der Waals surface area contributed by atoms with Crippen molar-refractivity contribution < 1.29 is 35.5 Å². The first-order valence-electron chi connectivity index (χ1n) is 11.2. The second kappa shape index (κ2) is 10.0.